The second-order valence-electron chi connectivity index (χ2n) is 6.06. The molecule has 2 nitrogen and oxygen atoms in total. The van der Waals surface area contributed by atoms with E-state index in [-0.39, 0.29) is 5.97 Å². The minimum atomic E-state index is -0.256. The van der Waals surface area contributed by atoms with Crippen molar-refractivity contribution in [3.8, 4) is 20.2 Å². The van der Waals surface area contributed by atoms with Crippen LogP contribution in [0.3, 0.4) is 0 Å². The minimum absolute atomic E-state index is 0.256. The van der Waals surface area contributed by atoms with Crippen molar-refractivity contribution in [3.05, 3.63) is 71.8 Å². The van der Waals surface area contributed by atoms with E-state index in [4.69, 9.17) is 4.74 Å². The molecule has 0 amide bonds. The fourth-order valence-electron chi connectivity index (χ4n) is 2.93. The van der Waals surface area contributed by atoms with Gasteiger partial charge in [0.05, 0.1) is 12.2 Å². The number of carbonyl (C=O) groups is 1. The minimum Gasteiger partial charge on any atom is -0.462 e. The topological polar surface area (TPSA) is 26.3 Å². The molecule has 4 aromatic rings. The monoisotopic (exact) mass is 378 g/mol. The third-order valence-corrected chi connectivity index (χ3v) is 6.74. The summed E-state index contributed by atoms with van der Waals surface area (Å²) in [5.74, 6) is -0.256. The Morgan fingerprint density at radius 2 is 1.73 bits per heavy atom. The van der Waals surface area contributed by atoms with E-state index in [0.717, 1.165) is 16.0 Å². The maximum absolute atomic E-state index is 12.2. The number of benzene rings is 2. The van der Waals surface area contributed by atoms with Crippen LogP contribution in [0.4, 0.5) is 0 Å². The van der Waals surface area contributed by atoms with Gasteiger partial charge in [0, 0.05) is 19.3 Å². The average Bonchev–Trinajstić information content (AvgIpc) is 3.29. The van der Waals surface area contributed by atoms with Crippen molar-refractivity contribution < 1.29 is 9.53 Å². The fraction of sp³-hybridized carbons (Fsp3) is 0.136. The van der Waals surface area contributed by atoms with E-state index in [1.54, 1.807) is 11.3 Å². The zero-order valence-corrected chi connectivity index (χ0v) is 16.2. The van der Waals surface area contributed by atoms with Gasteiger partial charge < -0.3 is 4.74 Å². The summed E-state index contributed by atoms with van der Waals surface area (Å²) < 4.78 is 6.48. The molecule has 0 unspecified atom stereocenters. The number of carbonyl (C=O) groups excluding carboxylic acids is 1. The van der Waals surface area contributed by atoms with Gasteiger partial charge in [-0.2, -0.15) is 0 Å². The first-order valence-corrected chi connectivity index (χ1v) is 10.2. The summed E-state index contributed by atoms with van der Waals surface area (Å²) in [4.78, 5) is 15.8. The van der Waals surface area contributed by atoms with Gasteiger partial charge in [-0.3, -0.25) is 0 Å². The predicted molar refractivity (Wildman–Crippen MR) is 111 cm³/mol. The standard InChI is InChI=1S/C22H18O2S2/c1-3-24-22(23)17-12-16(9-8-14(17)2)19-10-11-20(25-19)21-13-15-6-4-5-7-18(15)26-21/h4-13H,3H2,1-2H3. The molecule has 0 radical (unpaired) electrons. The van der Waals surface area contributed by atoms with Crippen LogP contribution in [0.25, 0.3) is 30.3 Å². The van der Waals surface area contributed by atoms with E-state index in [1.165, 1.54) is 19.8 Å². The summed E-state index contributed by atoms with van der Waals surface area (Å²) in [5, 5.41) is 1.28. The molecule has 26 heavy (non-hydrogen) atoms. The van der Waals surface area contributed by atoms with Crippen molar-refractivity contribution in [2.24, 2.45) is 0 Å². The van der Waals surface area contributed by atoms with Crippen molar-refractivity contribution >= 4 is 38.7 Å². The molecular weight excluding hydrogens is 360 g/mol. The van der Waals surface area contributed by atoms with Gasteiger partial charge in [0.1, 0.15) is 0 Å². The average molecular weight is 379 g/mol. The molecule has 4 rings (SSSR count). The summed E-state index contributed by atoms with van der Waals surface area (Å²) in [7, 11) is 0. The first-order valence-electron chi connectivity index (χ1n) is 8.52. The van der Waals surface area contributed by atoms with E-state index >= 15 is 0 Å². The Kier molecular flexibility index (Phi) is 4.62. The summed E-state index contributed by atoms with van der Waals surface area (Å²) >= 11 is 3.56. The molecule has 2 aromatic heterocycles. The number of ether oxygens (including phenoxy) is 1. The molecule has 0 fully saturated rings. The normalized spacial score (nSPS) is 11.0. The van der Waals surface area contributed by atoms with Crippen LogP contribution in [0.15, 0.2) is 60.7 Å². The SMILES string of the molecule is CCOC(=O)c1cc(-c2ccc(-c3cc4ccccc4s3)s2)ccc1C. The summed E-state index contributed by atoms with van der Waals surface area (Å²) in [6.45, 7) is 4.15. The van der Waals surface area contributed by atoms with E-state index in [1.807, 2.05) is 37.3 Å². The molecular formula is C22H18O2S2. The second-order valence-corrected chi connectivity index (χ2v) is 8.23. The Balaban J connectivity index is 1.69. The molecule has 0 N–H and O–H groups in total. The Hall–Kier alpha value is -2.43. The largest absolute Gasteiger partial charge is 0.462 e. The maximum Gasteiger partial charge on any atom is 0.338 e. The van der Waals surface area contributed by atoms with Crippen molar-refractivity contribution in [3.63, 3.8) is 0 Å². The van der Waals surface area contributed by atoms with Crippen LogP contribution in [0.2, 0.25) is 0 Å². The van der Waals surface area contributed by atoms with E-state index in [0.29, 0.717) is 12.2 Å². The van der Waals surface area contributed by atoms with Gasteiger partial charge in [0.25, 0.3) is 0 Å². The summed E-state index contributed by atoms with van der Waals surface area (Å²) in [6, 6.07) is 21.0. The molecule has 2 aromatic carbocycles. The molecule has 0 aliphatic rings. The molecule has 130 valence electrons. The second kappa shape index (κ2) is 7.06. The summed E-state index contributed by atoms with van der Waals surface area (Å²) in [6.07, 6.45) is 0. The molecule has 2 heterocycles. The third-order valence-electron chi connectivity index (χ3n) is 4.29. The predicted octanol–water partition coefficient (Wildman–Crippen LogP) is 6.78. The van der Waals surface area contributed by atoms with Gasteiger partial charge in [-0.05, 0) is 60.7 Å². The Morgan fingerprint density at radius 1 is 0.923 bits per heavy atom. The molecule has 0 atom stereocenters. The highest BCUT2D eigenvalue weighted by Gasteiger charge is 2.13. The molecule has 4 heteroatoms. The van der Waals surface area contributed by atoms with Crippen molar-refractivity contribution in [1.29, 1.82) is 0 Å². The van der Waals surface area contributed by atoms with Crippen molar-refractivity contribution in [2.75, 3.05) is 6.61 Å². The van der Waals surface area contributed by atoms with E-state index < -0.39 is 0 Å². The van der Waals surface area contributed by atoms with Gasteiger partial charge in [0.2, 0.25) is 0 Å². The van der Waals surface area contributed by atoms with Gasteiger partial charge >= 0.3 is 5.97 Å². The van der Waals surface area contributed by atoms with Crippen LogP contribution in [-0.4, -0.2) is 12.6 Å². The smallest absolute Gasteiger partial charge is 0.338 e. The van der Waals surface area contributed by atoms with E-state index in [2.05, 4.69) is 48.5 Å². The summed E-state index contributed by atoms with van der Waals surface area (Å²) in [5.41, 5.74) is 2.63. The first-order chi connectivity index (χ1) is 12.7. The number of rotatable bonds is 4. The number of hydrogen-bond donors (Lipinski definition) is 0. The van der Waals surface area contributed by atoms with Gasteiger partial charge in [-0.15, -0.1) is 22.7 Å². The van der Waals surface area contributed by atoms with Crippen LogP contribution in [0, 0.1) is 6.92 Å². The number of esters is 1. The highest BCUT2D eigenvalue weighted by molar-refractivity contribution is 7.27. The molecule has 0 saturated carbocycles. The molecule has 0 aliphatic heterocycles. The van der Waals surface area contributed by atoms with Gasteiger partial charge in [-0.25, -0.2) is 4.79 Å². The maximum atomic E-state index is 12.2. The Bertz CT molecular complexity index is 1060. The number of fused-ring (bicyclic) bond motifs is 1. The molecule has 0 bridgehead atoms. The lowest BCUT2D eigenvalue weighted by Gasteiger charge is -2.07. The Morgan fingerprint density at radius 3 is 2.54 bits per heavy atom. The van der Waals surface area contributed by atoms with Crippen molar-refractivity contribution in [2.45, 2.75) is 13.8 Å². The van der Waals surface area contributed by atoms with Crippen LogP contribution in [-0.2, 0) is 4.74 Å². The lowest BCUT2D eigenvalue weighted by atomic mass is 10.0. The molecule has 0 saturated heterocycles. The lowest BCUT2D eigenvalue weighted by Crippen LogP contribution is -2.06. The van der Waals surface area contributed by atoms with Gasteiger partial charge in [0.15, 0.2) is 0 Å². The van der Waals surface area contributed by atoms with Crippen LogP contribution in [0.5, 0.6) is 0 Å². The fourth-order valence-corrected chi connectivity index (χ4v) is 5.08. The van der Waals surface area contributed by atoms with Crippen LogP contribution >= 0.6 is 22.7 Å². The van der Waals surface area contributed by atoms with Gasteiger partial charge in [-0.1, -0.05) is 30.3 Å². The van der Waals surface area contributed by atoms with Crippen LogP contribution < -0.4 is 0 Å². The number of hydrogen-bond acceptors (Lipinski definition) is 4. The van der Waals surface area contributed by atoms with E-state index in [9.17, 15) is 4.79 Å². The molecule has 0 spiro atoms. The third kappa shape index (κ3) is 3.18. The zero-order chi connectivity index (χ0) is 18.1. The Labute approximate surface area is 160 Å². The van der Waals surface area contributed by atoms with Crippen molar-refractivity contribution in [1.82, 2.24) is 0 Å². The molecule has 0 aliphatic carbocycles. The number of thiophene rings is 2. The highest BCUT2D eigenvalue weighted by Crippen LogP contribution is 2.40. The first kappa shape index (κ1) is 17.0. The lowest BCUT2D eigenvalue weighted by molar-refractivity contribution is 0.0525. The quantitative estimate of drug-likeness (QED) is 0.366. The van der Waals surface area contributed by atoms with Crippen LogP contribution in [0.1, 0.15) is 22.8 Å². The zero-order valence-electron chi connectivity index (χ0n) is 14.6. The highest BCUT2D eigenvalue weighted by atomic mass is 32.1. The number of aryl methyl sites for hydroxylation is 1.